The summed E-state index contributed by atoms with van der Waals surface area (Å²) in [5, 5.41) is 0. The molecule has 2 heteroatoms. The van der Waals surface area contributed by atoms with Gasteiger partial charge in [0.15, 0.2) is 0 Å². The second-order valence-electron chi connectivity index (χ2n) is 6.96. The molecule has 1 saturated carbocycles. The zero-order chi connectivity index (χ0) is 13.1. The van der Waals surface area contributed by atoms with Crippen LogP contribution in [0.3, 0.4) is 0 Å². The van der Waals surface area contributed by atoms with Crippen LogP contribution in [0.15, 0.2) is 11.6 Å². The van der Waals surface area contributed by atoms with Crippen LogP contribution in [0.25, 0.3) is 0 Å². The molecular weight excluding hydrogens is 234 g/mol. The standard InChI is InChI=1S/C17H29NO/c18-15-7-3-2-6-14(12-15)13-16-8-11-17(19-16)9-4-1-5-10-17/h12,15-16H,1-11,13,18H2. The Hall–Kier alpha value is -0.340. The Morgan fingerprint density at radius 1 is 1.05 bits per heavy atom. The number of hydrogen-bond acceptors (Lipinski definition) is 2. The molecule has 0 aromatic carbocycles. The van der Waals surface area contributed by atoms with Crippen LogP contribution >= 0.6 is 0 Å². The molecule has 1 heterocycles. The second-order valence-corrected chi connectivity index (χ2v) is 6.96. The van der Waals surface area contributed by atoms with E-state index in [1.165, 1.54) is 70.6 Å². The van der Waals surface area contributed by atoms with Crippen LogP contribution in [0.1, 0.15) is 77.0 Å². The van der Waals surface area contributed by atoms with E-state index in [0.29, 0.717) is 12.1 Å². The van der Waals surface area contributed by atoms with Gasteiger partial charge >= 0.3 is 0 Å². The highest BCUT2D eigenvalue weighted by Gasteiger charge is 2.40. The third-order valence-corrected chi connectivity index (χ3v) is 5.33. The van der Waals surface area contributed by atoms with Gasteiger partial charge in [0.05, 0.1) is 11.7 Å². The minimum absolute atomic E-state index is 0.274. The van der Waals surface area contributed by atoms with Crippen molar-refractivity contribution < 1.29 is 4.74 Å². The molecule has 2 nitrogen and oxygen atoms in total. The van der Waals surface area contributed by atoms with Crippen LogP contribution in [0, 0.1) is 0 Å². The predicted octanol–water partition coefficient (Wildman–Crippen LogP) is 4.09. The first-order chi connectivity index (χ1) is 9.26. The predicted molar refractivity (Wildman–Crippen MR) is 79.1 cm³/mol. The Bertz CT molecular complexity index is 330. The van der Waals surface area contributed by atoms with E-state index in [-0.39, 0.29) is 5.60 Å². The summed E-state index contributed by atoms with van der Waals surface area (Å²) in [5.74, 6) is 0. The van der Waals surface area contributed by atoms with E-state index < -0.39 is 0 Å². The summed E-state index contributed by atoms with van der Waals surface area (Å²) in [4.78, 5) is 0. The molecular formula is C17H29NO. The number of nitrogens with two attached hydrogens (primary N) is 1. The first-order valence-electron chi connectivity index (χ1n) is 8.39. The molecule has 1 aliphatic heterocycles. The summed E-state index contributed by atoms with van der Waals surface area (Å²) in [6, 6.07) is 0.294. The summed E-state index contributed by atoms with van der Waals surface area (Å²) in [5.41, 5.74) is 7.96. The highest BCUT2D eigenvalue weighted by Crippen LogP contribution is 2.43. The molecule has 108 valence electrons. The van der Waals surface area contributed by atoms with E-state index in [4.69, 9.17) is 10.5 Å². The fourth-order valence-corrected chi connectivity index (χ4v) is 4.27. The lowest BCUT2D eigenvalue weighted by Gasteiger charge is -2.33. The monoisotopic (exact) mass is 263 g/mol. The number of hydrogen-bond donors (Lipinski definition) is 1. The highest BCUT2D eigenvalue weighted by atomic mass is 16.5. The number of rotatable bonds is 2. The van der Waals surface area contributed by atoms with Crippen molar-refractivity contribution in [3.05, 3.63) is 11.6 Å². The van der Waals surface area contributed by atoms with Crippen molar-refractivity contribution in [2.45, 2.75) is 94.8 Å². The largest absolute Gasteiger partial charge is 0.371 e. The maximum Gasteiger partial charge on any atom is 0.0687 e. The van der Waals surface area contributed by atoms with E-state index in [1.807, 2.05) is 0 Å². The van der Waals surface area contributed by atoms with Crippen molar-refractivity contribution in [1.82, 2.24) is 0 Å². The molecule has 0 radical (unpaired) electrons. The van der Waals surface area contributed by atoms with Crippen molar-refractivity contribution in [2.75, 3.05) is 0 Å². The van der Waals surface area contributed by atoms with Gasteiger partial charge in [0.1, 0.15) is 0 Å². The van der Waals surface area contributed by atoms with Gasteiger partial charge in [-0.05, 0) is 51.4 Å². The zero-order valence-corrected chi connectivity index (χ0v) is 12.2. The van der Waals surface area contributed by atoms with Crippen LogP contribution in [0.2, 0.25) is 0 Å². The first kappa shape index (κ1) is 13.6. The van der Waals surface area contributed by atoms with E-state index in [9.17, 15) is 0 Å². The van der Waals surface area contributed by atoms with E-state index >= 15 is 0 Å². The topological polar surface area (TPSA) is 35.2 Å². The normalized spacial score (nSPS) is 35.1. The van der Waals surface area contributed by atoms with Gasteiger partial charge in [-0.1, -0.05) is 37.3 Å². The molecule has 3 rings (SSSR count). The molecule has 19 heavy (non-hydrogen) atoms. The Morgan fingerprint density at radius 3 is 2.74 bits per heavy atom. The maximum absolute atomic E-state index is 6.49. The molecule has 0 aromatic heterocycles. The first-order valence-corrected chi connectivity index (χ1v) is 8.39. The van der Waals surface area contributed by atoms with Gasteiger partial charge < -0.3 is 10.5 Å². The Morgan fingerprint density at radius 2 is 1.89 bits per heavy atom. The average Bonchev–Trinajstić information content (AvgIpc) is 2.65. The van der Waals surface area contributed by atoms with Gasteiger partial charge in [-0.15, -0.1) is 0 Å². The summed E-state index contributed by atoms with van der Waals surface area (Å²) in [7, 11) is 0. The third-order valence-electron chi connectivity index (χ3n) is 5.33. The second kappa shape index (κ2) is 5.97. The van der Waals surface area contributed by atoms with Crippen LogP contribution < -0.4 is 5.73 Å². The van der Waals surface area contributed by atoms with Gasteiger partial charge in [0.25, 0.3) is 0 Å². The van der Waals surface area contributed by atoms with Gasteiger partial charge in [-0.2, -0.15) is 0 Å². The minimum atomic E-state index is 0.274. The molecule has 0 amide bonds. The minimum Gasteiger partial charge on any atom is -0.371 e. The van der Waals surface area contributed by atoms with Crippen molar-refractivity contribution >= 4 is 0 Å². The molecule has 2 N–H and O–H groups in total. The van der Waals surface area contributed by atoms with E-state index in [2.05, 4.69) is 6.08 Å². The Labute approximate surface area is 117 Å². The fourth-order valence-electron chi connectivity index (χ4n) is 4.27. The van der Waals surface area contributed by atoms with Gasteiger partial charge in [0.2, 0.25) is 0 Å². The highest BCUT2D eigenvalue weighted by molar-refractivity contribution is 5.10. The smallest absolute Gasteiger partial charge is 0.0687 e. The molecule has 2 fully saturated rings. The molecule has 1 saturated heterocycles. The lowest BCUT2D eigenvalue weighted by molar-refractivity contribution is -0.0630. The van der Waals surface area contributed by atoms with Crippen molar-refractivity contribution in [3.63, 3.8) is 0 Å². The SMILES string of the molecule is NC1C=C(CC2CCC3(CCCCC3)O2)CCCC1. The quantitative estimate of drug-likeness (QED) is 0.762. The molecule has 0 bridgehead atoms. The van der Waals surface area contributed by atoms with Gasteiger partial charge in [-0.3, -0.25) is 0 Å². The molecule has 2 atom stereocenters. The van der Waals surface area contributed by atoms with Crippen molar-refractivity contribution in [3.8, 4) is 0 Å². The summed E-state index contributed by atoms with van der Waals surface area (Å²) >= 11 is 0. The van der Waals surface area contributed by atoms with Gasteiger partial charge in [-0.25, -0.2) is 0 Å². The van der Waals surface area contributed by atoms with Gasteiger partial charge in [0, 0.05) is 6.04 Å². The van der Waals surface area contributed by atoms with E-state index in [0.717, 1.165) is 6.42 Å². The average molecular weight is 263 g/mol. The maximum atomic E-state index is 6.49. The summed E-state index contributed by atoms with van der Waals surface area (Å²) < 4.78 is 6.49. The van der Waals surface area contributed by atoms with Crippen LogP contribution in [-0.2, 0) is 4.74 Å². The molecule has 2 unspecified atom stereocenters. The Kier molecular flexibility index (Phi) is 4.28. The van der Waals surface area contributed by atoms with Crippen LogP contribution in [0.5, 0.6) is 0 Å². The number of ether oxygens (including phenoxy) is 1. The van der Waals surface area contributed by atoms with E-state index in [1.54, 1.807) is 5.57 Å². The fraction of sp³-hybridized carbons (Fsp3) is 0.882. The van der Waals surface area contributed by atoms with Crippen molar-refractivity contribution in [1.29, 1.82) is 0 Å². The molecule has 2 aliphatic carbocycles. The molecule has 1 spiro atoms. The molecule has 3 aliphatic rings. The molecule has 0 aromatic rings. The summed E-state index contributed by atoms with van der Waals surface area (Å²) in [6.07, 6.45) is 18.3. The lowest BCUT2D eigenvalue weighted by atomic mass is 9.83. The zero-order valence-electron chi connectivity index (χ0n) is 12.2. The third kappa shape index (κ3) is 3.41. The van der Waals surface area contributed by atoms with Crippen LogP contribution in [-0.4, -0.2) is 17.7 Å². The van der Waals surface area contributed by atoms with Crippen LogP contribution in [0.4, 0.5) is 0 Å². The lowest BCUT2D eigenvalue weighted by Crippen LogP contribution is -2.31. The van der Waals surface area contributed by atoms with Crippen molar-refractivity contribution in [2.24, 2.45) is 5.73 Å². The summed E-state index contributed by atoms with van der Waals surface area (Å²) in [6.45, 7) is 0. The Balaban J connectivity index is 1.56.